The number of ether oxygens (including phenoxy) is 2. The molecule has 0 aromatic carbocycles. The van der Waals surface area contributed by atoms with Gasteiger partial charge in [0.1, 0.15) is 22.9 Å². The van der Waals surface area contributed by atoms with Crippen LogP contribution >= 0.6 is 11.3 Å². The highest BCUT2D eigenvalue weighted by Crippen LogP contribution is 2.39. The summed E-state index contributed by atoms with van der Waals surface area (Å²) in [5.41, 5.74) is 1.44. The molecule has 2 atom stereocenters. The lowest BCUT2D eigenvalue weighted by Crippen LogP contribution is -2.42. The monoisotopic (exact) mass is 483 g/mol. The Balaban J connectivity index is 1.35. The summed E-state index contributed by atoms with van der Waals surface area (Å²) in [4.78, 5) is 39.2. The molecule has 1 fully saturated rings. The normalized spacial score (nSPS) is 19.5. The van der Waals surface area contributed by atoms with Crippen molar-refractivity contribution < 1.29 is 28.3 Å². The van der Waals surface area contributed by atoms with Gasteiger partial charge in [-0.05, 0) is 61.8 Å². The average molecular weight is 484 g/mol. The van der Waals surface area contributed by atoms with Crippen molar-refractivity contribution in [3.05, 3.63) is 46.2 Å². The van der Waals surface area contributed by atoms with Crippen molar-refractivity contribution in [2.45, 2.75) is 38.1 Å². The first-order valence-corrected chi connectivity index (χ1v) is 11.9. The number of nitrogens with one attached hydrogen (secondary N) is 1. The van der Waals surface area contributed by atoms with E-state index in [4.69, 9.17) is 13.9 Å². The Morgan fingerprint density at radius 2 is 2.24 bits per heavy atom. The summed E-state index contributed by atoms with van der Waals surface area (Å²) in [7, 11) is 1.31. The van der Waals surface area contributed by atoms with Crippen molar-refractivity contribution in [2.24, 2.45) is 5.92 Å². The fourth-order valence-electron chi connectivity index (χ4n) is 4.34. The zero-order chi connectivity index (χ0) is 24.1. The molecule has 1 saturated heterocycles. The molecule has 3 heterocycles. The molecule has 0 saturated carbocycles. The van der Waals surface area contributed by atoms with Gasteiger partial charge in [-0.1, -0.05) is 0 Å². The van der Waals surface area contributed by atoms with Gasteiger partial charge in [0.05, 0.1) is 25.5 Å². The molecular formula is C24H25N3O6S. The Morgan fingerprint density at radius 3 is 2.97 bits per heavy atom. The van der Waals surface area contributed by atoms with Crippen molar-refractivity contribution in [2.75, 3.05) is 25.6 Å². The van der Waals surface area contributed by atoms with Crippen LogP contribution in [-0.2, 0) is 31.9 Å². The first-order valence-electron chi connectivity index (χ1n) is 11.1. The third-order valence-electron chi connectivity index (χ3n) is 6.06. The Morgan fingerprint density at radius 1 is 1.38 bits per heavy atom. The Bertz CT molecular complexity index is 1130. The number of nitriles is 1. The number of anilines is 1. The summed E-state index contributed by atoms with van der Waals surface area (Å²) in [6, 6.07) is 5.10. The second-order valence-corrected chi connectivity index (χ2v) is 9.32. The van der Waals surface area contributed by atoms with Gasteiger partial charge in [-0.25, -0.2) is 9.59 Å². The average Bonchev–Trinajstić information content (AvgIpc) is 3.60. The van der Waals surface area contributed by atoms with Crippen LogP contribution < -0.4 is 5.32 Å². The van der Waals surface area contributed by atoms with Crippen LogP contribution in [0.2, 0.25) is 0 Å². The van der Waals surface area contributed by atoms with Gasteiger partial charge >= 0.3 is 12.1 Å². The summed E-state index contributed by atoms with van der Waals surface area (Å²) >= 11 is 1.38. The number of hydrogen-bond donors (Lipinski definition) is 1. The number of rotatable bonds is 6. The summed E-state index contributed by atoms with van der Waals surface area (Å²) in [5.74, 6) is -0.107. The Labute approximate surface area is 200 Å². The highest BCUT2D eigenvalue weighted by atomic mass is 32.1. The van der Waals surface area contributed by atoms with Gasteiger partial charge in [-0.2, -0.15) is 5.26 Å². The number of carbonyl (C=O) groups excluding carboxylic acids is 3. The number of hydrogen-bond acceptors (Lipinski definition) is 8. The molecule has 178 valence electrons. The van der Waals surface area contributed by atoms with Crippen LogP contribution in [-0.4, -0.2) is 49.2 Å². The first-order chi connectivity index (χ1) is 16.5. The van der Waals surface area contributed by atoms with Crippen LogP contribution in [0.25, 0.3) is 6.08 Å². The van der Waals surface area contributed by atoms with Crippen LogP contribution in [0.1, 0.15) is 41.0 Å². The molecule has 0 bridgehead atoms. The molecule has 1 N–H and O–H groups in total. The van der Waals surface area contributed by atoms with E-state index >= 15 is 0 Å². The fraction of sp³-hybridized carbons (Fsp3) is 0.417. The van der Waals surface area contributed by atoms with Gasteiger partial charge in [0.2, 0.25) is 5.91 Å². The maximum Gasteiger partial charge on any atom is 0.410 e. The van der Waals surface area contributed by atoms with E-state index in [9.17, 15) is 19.6 Å². The molecule has 0 spiro atoms. The molecule has 10 heteroatoms. The van der Waals surface area contributed by atoms with E-state index in [1.807, 2.05) is 0 Å². The van der Waals surface area contributed by atoms with E-state index in [0.29, 0.717) is 42.1 Å². The van der Waals surface area contributed by atoms with E-state index in [0.717, 1.165) is 23.3 Å². The zero-order valence-electron chi connectivity index (χ0n) is 18.7. The highest BCUT2D eigenvalue weighted by molar-refractivity contribution is 7.16. The maximum absolute atomic E-state index is 12.5. The standard InChI is InChI=1S/C24H25N3O6S/c1-31-23(29)19-5-2-10-27(19)24(30)33-14-15-6-8-17-18(13-25)22(34-20(17)12-15)26-21(28)9-7-16-4-3-11-32-16/h3-4,7,9,11,15,19H,2,5-6,8,10,12,14H2,1H3,(H,26,28)/b9-7+. The van der Waals surface area contributed by atoms with Crippen molar-refractivity contribution in [1.82, 2.24) is 4.90 Å². The van der Waals surface area contributed by atoms with E-state index < -0.39 is 18.1 Å². The number of fused-ring (bicyclic) bond motifs is 1. The van der Waals surface area contributed by atoms with Crippen LogP contribution in [0.3, 0.4) is 0 Å². The number of esters is 1. The smallest absolute Gasteiger partial charge is 0.410 e. The van der Waals surface area contributed by atoms with Crippen LogP contribution in [0, 0.1) is 17.2 Å². The number of nitrogens with zero attached hydrogens (tertiary/aromatic N) is 2. The largest absolute Gasteiger partial charge is 0.467 e. The van der Waals surface area contributed by atoms with E-state index in [1.54, 1.807) is 18.2 Å². The molecule has 4 rings (SSSR count). The number of likely N-dealkylation sites (tertiary alicyclic amines) is 1. The number of methoxy groups -OCH3 is 1. The molecule has 2 amide bonds. The topological polar surface area (TPSA) is 122 Å². The lowest BCUT2D eigenvalue weighted by Gasteiger charge is -2.25. The zero-order valence-corrected chi connectivity index (χ0v) is 19.6. The van der Waals surface area contributed by atoms with E-state index in [-0.39, 0.29) is 18.4 Å². The molecule has 2 unspecified atom stereocenters. The summed E-state index contributed by atoms with van der Waals surface area (Å²) in [6.45, 7) is 0.706. The number of thiophene rings is 1. The van der Waals surface area contributed by atoms with Gasteiger partial charge in [-0.3, -0.25) is 9.69 Å². The molecule has 0 radical (unpaired) electrons. The second-order valence-electron chi connectivity index (χ2n) is 8.22. The number of carbonyl (C=O) groups is 3. The molecule has 2 aromatic rings. The predicted molar refractivity (Wildman–Crippen MR) is 124 cm³/mol. The molecule has 9 nitrogen and oxygen atoms in total. The third-order valence-corrected chi connectivity index (χ3v) is 7.23. The number of furan rings is 1. The van der Waals surface area contributed by atoms with Gasteiger partial charge in [0.25, 0.3) is 0 Å². The quantitative estimate of drug-likeness (QED) is 0.490. The van der Waals surface area contributed by atoms with Crippen molar-refractivity contribution in [1.29, 1.82) is 5.26 Å². The van der Waals surface area contributed by atoms with Gasteiger partial charge in [0, 0.05) is 17.5 Å². The lowest BCUT2D eigenvalue weighted by atomic mass is 9.88. The molecular weight excluding hydrogens is 458 g/mol. The predicted octanol–water partition coefficient (Wildman–Crippen LogP) is 3.74. The molecule has 2 aliphatic rings. The fourth-order valence-corrected chi connectivity index (χ4v) is 5.65. The summed E-state index contributed by atoms with van der Waals surface area (Å²) in [6.07, 6.45) is 7.34. The summed E-state index contributed by atoms with van der Waals surface area (Å²) < 4.78 is 15.5. The van der Waals surface area contributed by atoms with Crippen LogP contribution in [0.4, 0.5) is 9.80 Å². The molecule has 1 aliphatic heterocycles. The van der Waals surface area contributed by atoms with Crippen molar-refractivity contribution in [3.8, 4) is 6.07 Å². The van der Waals surface area contributed by atoms with E-state index in [2.05, 4.69) is 11.4 Å². The number of amides is 2. The SMILES string of the molecule is COC(=O)C1CCCN1C(=O)OCC1CCc2c(sc(NC(=O)/C=C/c3ccco3)c2C#N)C1. The Kier molecular flexibility index (Phi) is 7.33. The Hall–Kier alpha value is -3.58. The summed E-state index contributed by atoms with van der Waals surface area (Å²) in [5, 5.41) is 13.0. The van der Waals surface area contributed by atoms with Gasteiger partial charge < -0.3 is 19.2 Å². The van der Waals surface area contributed by atoms with Crippen molar-refractivity contribution in [3.63, 3.8) is 0 Å². The van der Waals surface area contributed by atoms with Gasteiger partial charge in [0.15, 0.2) is 0 Å². The van der Waals surface area contributed by atoms with Crippen molar-refractivity contribution >= 4 is 40.4 Å². The molecule has 2 aromatic heterocycles. The van der Waals surface area contributed by atoms with Crippen LogP contribution in [0.15, 0.2) is 28.9 Å². The van der Waals surface area contributed by atoms with Crippen LogP contribution in [0.5, 0.6) is 0 Å². The minimum absolute atomic E-state index is 0.100. The highest BCUT2D eigenvalue weighted by Gasteiger charge is 2.36. The van der Waals surface area contributed by atoms with E-state index in [1.165, 1.54) is 35.7 Å². The van der Waals surface area contributed by atoms with Gasteiger partial charge in [-0.15, -0.1) is 11.3 Å². The third kappa shape index (κ3) is 5.15. The minimum Gasteiger partial charge on any atom is -0.467 e. The minimum atomic E-state index is -0.584. The molecule has 1 aliphatic carbocycles. The first kappa shape index (κ1) is 23.6. The second kappa shape index (κ2) is 10.6. The lowest BCUT2D eigenvalue weighted by molar-refractivity contribution is -0.145. The maximum atomic E-state index is 12.5. The molecule has 34 heavy (non-hydrogen) atoms.